The number of halogens is 1. The zero-order valence-electron chi connectivity index (χ0n) is 5.66. The minimum absolute atomic E-state index is 0.319. The zero-order chi connectivity index (χ0) is 8.43. The normalized spacial score (nSPS) is 10.5. The molecule has 1 aromatic carbocycles. The van der Waals surface area contributed by atoms with Crippen molar-refractivity contribution in [3.63, 3.8) is 0 Å². The first kappa shape index (κ1) is 8.52. The largest absolute Gasteiger partial charge is 0.398 e. The van der Waals surface area contributed by atoms with Gasteiger partial charge in [-0.25, -0.2) is 0 Å². The summed E-state index contributed by atoms with van der Waals surface area (Å²) >= 11 is 3.19. The van der Waals surface area contributed by atoms with Crippen molar-refractivity contribution in [1.29, 1.82) is 0 Å². The van der Waals surface area contributed by atoms with Crippen LogP contribution in [0.25, 0.3) is 0 Å². The molecule has 0 spiro atoms. The molecule has 1 aromatic rings. The number of aliphatic hydroxyl groups is 2. The highest BCUT2D eigenvalue weighted by atomic mass is 79.9. The summed E-state index contributed by atoms with van der Waals surface area (Å²) in [6, 6.07) is 4.92. The van der Waals surface area contributed by atoms with Crippen molar-refractivity contribution in [3.8, 4) is 0 Å². The lowest BCUT2D eigenvalue weighted by Crippen LogP contribution is -2.00. The molecule has 0 fully saturated rings. The Morgan fingerprint density at radius 3 is 2.45 bits per heavy atom. The van der Waals surface area contributed by atoms with Crippen LogP contribution in [0.3, 0.4) is 0 Å². The maximum Gasteiger partial charge on any atom is 0.180 e. The average molecular weight is 218 g/mol. The Morgan fingerprint density at radius 2 is 2.00 bits per heavy atom. The van der Waals surface area contributed by atoms with Gasteiger partial charge >= 0.3 is 0 Å². The average Bonchev–Trinajstić information content (AvgIpc) is 1.94. The van der Waals surface area contributed by atoms with Crippen molar-refractivity contribution >= 4 is 21.6 Å². The highest BCUT2D eigenvalue weighted by molar-refractivity contribution is 9.10. The van der Waals surface area contributed by atoms with Crippen LogP contribution in [-0.4, -0.2) is 10.2 Å². The maximum atomic E-state index is 8.78. The fraction of sp³-hybridized carbons (Fsp3) is 0.143. The second kappa shape index (κ2) is 3.21. The van der Waals surface area contributed by atoms with E-state index in [4.69, 9.17) is 15.9 Å². The van der Waals surface area contributed by atoms with E-state index in [0.717, 1.165) is 4.47 Å². The minimum atomic E-state index is -1.51. The molecule has 4 N–H and O–H groups in total. The smallest absolute Gasteiger partial charge is 0.180 e. The summed E-state index contributed by atoms with van der Waals surface area (Å²) in [7, 11) is 0. The summed E-state index contributed by atoms with van der Waals surface area (Å²) in [5.74, 6) is 0. The summed E-state index contributed by atoms with van der Waals surface area (Å²) in [4.78, 5) is 0. The van der Waals surface area contributed by atoms with Crippen LogP contribution in [0, 0.1) is 0 Å². The first-order valence-corrected chi connectivity index (χ1v) is 3.81. The van der Waals surface area contributed by atoms with Crippen LogP contribution in [0.2, 0.25) is 0 Å². The lowest BCUT2D eigenvalue weighted by Gasteiger charge is -2.06. The number of anilines is 1. The molecule has 0 aliphatic heterocycles. The Kier molecular flexibility index (Phi) is 2.49. The molecular formula is C7H8BrNO2. The number of hydrogen-bond acceptors (Lipinski definition) is 3. The van der Waals surface area contributed by atoms with Crippen molar-refractivity contribution < 1.29 is 10.2 Å². The van der Waals surface area contributed by atoms with E-state index in [1.807, 2.05) is 0 Å². The van der Waals surface area contributed by atoms with Crippen LogP contribution in [0.1, 0.15) is 11.9 Å². The second-order valence-electron chi connectivity index (χ2n) is 2.15. The first-order chi connectivity index (χ1) is 5.11. The van der Waals surface area contributed by atoms with Crippen LogP contribution in [0.4, 0.5) is 5.69 Å². The molecule has 0 aliphatic rings. The number of hydrogen-bond donors (Lipinski definition) is 3. The molecule has 60 valence electrons. The monoisotopic (exact) mass is 217 g/mol. The molecule has 0 aliphatic carbocycles. The topological polar surface area (TPSA) is 66.5 Å². The van der Waals surface area contributed by atoms with Gasteiger partial charge in [-0.3, -0.25) is 0 Å². The van der Waals surface area contributed by atoms with Gasteiger partial charge in [0.1, 0.15) is 0 Å². The van der Waals surface area contributed by atoms with E-state index in [-0.39, 0.29) is 0 Å². The van der Waals surface area contributed by atoms with Gasteiger partial charge in [0.15, 0.2) is 6.29 Å². The van der Waals surface area contributed by atoms with Gasteiger partial charge in [0, 0.05) is 15.7 Å². The molecule has 0 atom stereocenters. The molecule has 1 rings (SSSR count). The van der Waals surface area contributed by atoms with Crippen molar-refractivity contribution in [3.05, 3.63) is 28.2 Å². The SMILES string of the molecule is Nc1ccc(Br)cc1C(O)O. The predicted molar refractivity (Wildman–Crippen MR) is 45.7 cm³/mol. The van der Waals surface area contributed by atoms with E-state index in [0.29, 0.717) is 11.3 Å². The number of nitrogen functional groups attached to an aromatic ring is 1. The highest BCUT2D eigenvalue weighted by Gasteiger charge is 2.06. The van der Waals surface area contributed by atoms with Crippen LogP contribution >= 0.6 is 15.9 Å². The molecular weight excluding hydrogens is 210 g/mol. The molecule has 0 saturated heterocycles. The predicted octanol–water partition coefficient (Wildman–Crippen LogP) is 1.01. The molecule has 4 heteroatoms. The standard InChI is InChI=1S/C7H8BrNO2/c8-4-1-2-6(9)5(3-4)7(10)11/h1-3,7,10-11H,9H2. The van der Waals surface area contributed by atoms with Crippen LogP contribution in [0.15, 0.2) is 22.7 Å². The quantitative estimate of drug-likeness (QED) is 0.486. The van der Waals surface area contributed by atoms with Gasteiger partial charge in [0.2, 0.25) is 0 Å². The Balaban J connectivity index is 3.13. The van der Waals surface area contributed by atoms with E-state index >= 15 is 0 Å². The third kappa shape index (κ3) is 1.92. The van der Waals surface area contributed by atoms with Crippen molar-refractivity contribution in [2.24, 2.45) is 0 Å². The summed E-state index contributed by atoms with van der Waals surface area (Å²) < 4.78 is 0.773. The van der Waals surface area contributed by atoms with Crippen molar-refractivity contribution in [2.75, 3.05) is 5.73 Å². The Labute approximate surface area is 72.6 Å². The maximum absolute atomic E-state index is 8.78. The van der Waals surface area contributed by atoms with E-state index in [1.165, 1.54) is 0 Å². The van der Waals surface area contributed by atoms with Crippen molar-refractivity contribution in [2.45, 2.75) is 6.29 Å². The van der Waals surface area contributed by atoms with Gasteiger partial charge in [-0.2, -0.15) is 0 Å². The number of aliphatic hydroxyl groups excluding tert-OH is 1. The number of nitrogens with two attached hydrogens (primary N) is 1. The number of rotatable bonds is 1. The first-order valence-electron chi connectivity index (χ1n) is 3.02. The molecule has 0 saturated carbocycles. The van der Waals surface area contributed by atoms with E-state index < -0.39 is 6.29 Å². The van der Waals surface area contributed by atoms with Crippen molar-refractivity contribution in [1.82, 2.24) is 0 Å². The summed E-state index contributed by atoms with van der Waals surface area (Å²) in [6.45, 7) is 0. The summed E-state index contributed by atoms with van der Waals surface area (Å²) in [6.07, 6.45) is -1.51. The molecule has 0 bridgehead atoms. The Hall–Kier alpha value is -0.580. The molecule has 0 radical (unpaired) electrons. The second-order valence-corrected chi connectivity index (χ2v) is 3.06. The third-order valence-corrected chi connectivity index (χ3v) is 1.82. The van der Waals surface area contributed by atoms with Gasteiger partial charge in [-0.05, 0) is 18.2 Å². The molecule has 11 heavy (non-hydrogen) atoms. The molecule has 0 unspecified atom stereocenters. The van der Waals surface area contributed by atoms with Gasteiger partial charge in [0.25, 0.3) is 0 Å². The van der Waals surface area contributed by atoms with Crippen LogP contribution < -0.4 is 5.73 Å². The van der Waals surface area contributed by atoms with Gasteiger partial charge in [-0.15, -0.1) is 0 Å². The molecule has 3 nitrogen and oxygen atoms in total. The Morgan fingerprint density at radius 1 is 1.36 bits per heavy atom. The lowest BCUT2D eigenvalue weighted by molar-refractivity contribution is -0.0419. The molecule has 0 amide bonds. The Bertz CT molecular complexity index is 263. The number of benzene rings is 1. The van der Waals surface area contributed by atoms with E-state index in [2.05, 4.69) is 15.9 Å². The third-order valence-electron chi connectivity index (χ3n) is 1.33. The summed E-state index contributed by atoms with van der Waals surface area (Å²) in [5.41, 5.74) is 6.15. The van der Waals surface area contributed by atoms with Gasteiger partial charge < -0.3 is 15.9 Å². The van der Waals surface area contributed by atoms with Gasteiger partial charge in [0.05, 0.1) is 0 Å². The lowest BCUT2D eigenvalue weighted by atomic mass is 10.2. The zero-order valence-corrected chi connectivity index (χ0v) is 7.25. The fourth-order valence-corrected chi connectivity index (χ4v) is 1.15. The summed E-state index contributed by atoms with van der Waals surface area (Å²) in [5, 5.41) is 17.6. The molecule has 0 heterocycles. The van der Waals surface area contributed by atoms with E-state index in [9.17, 15) is 0 Å². The van der Waals surface area contributed by atoms with Crippen LogP contribution in [0.5, 0.6) is 0 Å². The minimum Gasteiger partial charge on any atom is -0.398 e. The van der Waals surface area contributed by atoms with Gasteiger partial charge in [-0.1, -0.05) is 15.9 Å². The fourth-order valence-electron chi connectivity index (χ4n) is 0.769. The highest BCUT2D eigenvalue weighted by Crippen LogP contribution is 2.22. The van der Waals surface area contributed by atoms with E-state index in [1.54, 1.807) is 18.2 Å². The molecule has 0 aromatic heterocycles. The van der Waals surface area contributed by atoms with Crippen LogP contribution in [-0.2, 0) is 0 Å².